The average molecular weight is 269 g/mol. The molecule has 1 heterocycles. The molecule has 0 bridgehead atoms. The maximum atomic E-state index is 12.7. The van der Waals surface area contributed by atoms with Gasteiger partial charge in [0.2, 0.25) is 0 Å². The van der Waals surface area contributed by atoms with E-state index < -0.39 is 5.79 Å². The molecule has 0 radical (unpaired) electrons. The van der Waals surface area contributed by atoms with Crippen LogP contribution in [-0.2, 0) is 14.2 Å². The lowest BCUT2D eigenvalue weighted by atomic mass is 10.3. The third-order valence-corrected chi connectivity index (χ3v) is 2.79. The zero-order valence-electron chi connectivity index (χ0n) is 11.3. The van der Waals surface area contributed by atoms with Crippen molar-refractivity contribution < 1.29 is 18.6 Å². The first-order chi connectivity index (χ1) is 9.05. The normalized spacial score (nSPS) is 21.5. The Kier molecular flexibility index (Phi) is 4.74. The summed E-state index contributed by atoms with van der Waals surface area (Å²) < 4.78 is 29.3. The Morgan fingerprint density at radius 3 is 2.74 bits per heavy atom. The summed E-state index contributed by atoms with van der Waals surface area (Å²) in [5.41, 5.74) is 0.881. The number of nitrogens with one attached hydrogen (secondary N) is 1. The highest BCUT2D eigenvalue weighted by Gasteiger charge is 2.32. The Labute approximate surface area is 112 Å². The minimum atomic E-state index is -0.500. The zero-order chi connectivity index (χ0) is 13.7. The molecule has 1 fully saturated rings. The second-order valence-electron chi connectivity index (χ2n) is 4.96. The Morgan fingerprint density at radius 2 is 2.11 bits per heavy atom. The third kappa shape index (κ3) is 4.78. The number of ether oxygens (including phenoxy) is 3. The first-order valence-corrected chi connectivity index (χ1v) is 6.44. The Hall–Kier alpha value is -1.17. The highest BCUT2D eigenvalue weighted by atomic mass is 19.1. The monoisotopic (exact) mass is 269 g/mol. The molecule has 1 aromatic carbocycles. The maximum Gasteiger partial charge on any atom is 0.163 e. The van der Waals surface area contributed by atoms with Crippen molar-refractivity contribution in [3.63, 3.8) is 0 Å². The van der Waals surface area contributed by atoms with Gasteiger partial charge in [0, 0.05) is 12.2 Å². The Morgan fingerprint density at radius 1 is 1.37 bits per heavy atom. The first kappa shape index (κ1) is 14.2. The van der Waals surface area contributed by atoms with Gasteiger partial charge in [-0.15, -0.1) is 0 Å². The smallest absolute Gasteiger partial charge is 0.163 e. The minimum Gasteiger partial charge on any atom is -0.383 e. The van der Waals surface area contributed by atoms with Gasteiger partial charge in [0.25, 0.3) is 0 Å². The van der Waals surface area contributed by atoms with E-state index in [1.165, 1.54) is 12.1 Å². The summed E-state index contributed by atoms with van der Waals surface area (Å²) in [5, 5.41) is 3.15. The summed E-state index contributed by atoms with van der Waals surface area (Å²) in [6.07, 6.45) is 0.000760. The van der Waals surface area contributed by atoms with E-state index in [9.17, 15) is 4.39 Å². The highest BCUT2D eigenvalue weighted by Crippen LogP contribution is 2.22. The van der Waals surface area contributed by atoms with Crippen LogP contribution in [0.4, 0.5) is 10.1 Å². The fourth-order valence-electron chi connectivity index (χ4n) is 1.90. The van der Waals surface area contributed by atoms with Crippen LogP contribution in [0.25, 0.3) is 0 Å². The molecule has 0 aromatic heterocycles. The lowest BCUT2D eigenvalue weighted by molar-refractivity contribution is -0.144. The van der Waals surface area contributed by atoms with Crippen molar-refractivity contribution in [1.82, 2.24) is 0 Å². The van der Waals surface area contributed by atoms with Gasteiger partial charge in [-0.05, 0) is 38.1 Å². The topological polar surface area (TPSA) is 39.7 Å². The fraction of sp³-hybridized carbons (Fsp3) is 0.571. The molecule has 1 unspecified atom stereocenters. The van der Waals surface area contributed by atoms with E-state index in [1.807, 2.05) is 13.8 Å². The van der Waals surface area contributed by atoms with Crippen LogP contribution < -0.4 is 5.32 Å². The molecule has 19 heavy (non-hydrogen) atoms. The third-order valence-electron chi connectivity index (χ3n) is 2.79. The predicted molar refractivity (Wildman–Crippen MR) is 70.6 cm³/mol. The minimum absolute atomic E-state index is 0.000760. The molecule has 0 saturated carbocycles. The van der Waals surface area contributed by atoms with Crippen LogP contribution in [0.1, 0.15) is 13.8 Å². The van der Waals surface area contributed by atoms with Crippen molar-refractivity contribution in [2.75, 3.05) is 31.7 Å². The van der Waals surface area contributed by atoms with E-state index in [1.54, 1.807) is 12.1 Å². The maximum absolute atomic E-state index is 12.7. The summed E-state index contributed by atoms with van der Waals surface area (Å²) in [5.74, 6) is -0.733. The molecule has 5 heteroatoms. The van der Waals surface area contributed by atoms with Crippen molar-refractivity contribution >= 4 is 5.69 Å². The number of benzene rings is 1. The van der Waals surface area contributed by atoms with E-state index in [0.29, 0.717) is 26.4 Å². The average Bonchev–Trinajstić information content (AvgIpc) is 2.71. The molecule has 1 N–H and O–H groups in total. The standard InChI is InChI=1S/C14H20FNO3/c1-14(2)18-10-13(19-14)9-17-8-7-16-12-5-3-11(15)4-6-12/h3-6,13,16H,7-10H2,1-2H3. The van der Waals surface area contributed by atoms with Crippen LogP contribution in [-0.4, -0.2) is 38.3 Å². The van der Waals surface area contributed by atoms with E-state index in [0.717, 1.165) is 5.69 Å². The number of hydrogen-bond donors (Lipinski definition) is 1. The van der Waals surface area contributed by atoms with Crippen LogP contribution in [0, 0.1) is 5.82 Å². The fourth-order valence-corrected chi connectivity index (χ4v) is 1.90. The molecule has 1 saturated heterocycles. The number of rotatable bonds is 6. The molecule has 0 spiro atoms. The molecule has 4 nitrogen and oxygen atoms in total. The van der Waals surface area contributed by atoms with Gasteiger partial charge in [0.05, 0.1) is 19.8 Å². The van der Waals surface area contributed by atoms with Crippen LogP contribution >= 0.6 is 0 Å². The zero-order valence-corrected chi connectivity index (χ0v) is 11.3. The van der Waals surface area contributed by atoms with Crippen molar-refractivity contribution in [2.45, 2.75) is 25.7 Å². The van der Waals surface area contributed by atoms with E-state index in [4.69, 9.17) is 14.2 Å². The molecule has 0 amide bonds. The number of hydrogen-bond acceptors (Lipinski definition) is 4. The Balaban J connectivity index is 1.56. The summed E-state index contributed by atoms with van der Waals surface area (Å²) in [6.45, 7) is 6.11. The predicted octanol–water partition coefficient (Wildman–Crippen LogP) is 2.41. The quantitative estimate of drug-likeness (QED) is 0.805. The Bertz CT molecular complexity index is 394. The summed E-state index contributed by atoms with van der Waals surface area (Å²) in [4.78, 5) is 0. The van der Waals surface area contributed by atoms with Crippen molar-refractivity contribution in [1.29, 1.82) is 0 Å². The second kappa shape index (κ2) is 6.32. The van der Waals surface area contributed by atoms with Crippen LogP contribution in [0.3, 0.4) is 0 Å². The van der Waals surface area contributed by atoms with Crippen molar-refractivity contribution in [3.05, 3.63) is 30.1 Å². The van der Waals surface area contributed by atoms with Gasteiger partial charge in [-0.2, -0.15) is 0 Å². The molecule has 2 rings (SSSR count). The SMILES string of the molecule is CC1(C)OCC(COCCNc2ccc(F)cc2)O1. The van der Waals surface area contributed by atoms with Crippen molar-refractivity contribution in [2.24, 2.45) is 0 Å². The van der Waals surface area contributed by atoms with E-state index >= 15 is 0 Å². The molecule has 106 valence electrons. The van der Waals surface area contributed by atoms with Gasteiger partial charge in [-0.25, -0.2) is 4.39 Å². The van der Waals surface area contributed by atoms with Gasteiger partial charge in [-0.3, -0.25) is 0 Å². The molecule has 1 aliphatic heterocycles. The van der Waals surface area contributed by atoms with Gasteiger partial charge >= 0.3 is 0 Å². The number of anilines is 1. The van der Waals surface area contributed by atoms with Gasteiger partial charge in [-0.1, -0.05) is 0 Å². The molecule has 1 aromatic rings. The van der Waals surface area contributed by atoms with Gasteiger partial charge in [0.1, 0.15) is 11.9 Å². The molecular weight excluding hydrogens is 249 g/mol. The highest BCUT2D eigenvalue weighted by molar-refractivity contribution is 5.42. The van der Waals surface area contributed by atoms with Crippen LogP contribution in [0.5, 0.6) is 0 Å². The van der Waals surface area contributed by atoms with E-state index in [2.05, 4.69) is 5.32 Å². The summed E-state index contributed by atoms with van der Waals surface area (Å²) in [6, 6.07) is 6.25. The summed E-state index contributed by atoms with van der Waals surface area (Å²) >= 11 is 0. The molecule has 1 atom stereocenters. The lowest BCUT2D eigenvalue weighted by Crippen LogP contribution is -2.24. The van der Waals surface area contributed by atoms with Crippen LogP contribution in [0.15, 0.2) is 24.3 Å². The molecule has 0 aliphatic carbocycles. The first-order valence-electron chi connectivity index (χ1n) is 6.44. The van der Waals surface area contributed by atoms with Gasteiger partial charge < -0.3 is 19.5 Å². The molecular formula is C14H20FNO3. The molecule has 1 aliphatic rings. The largest absolute Gasteiger partial charge is 0.383 e. The van der Waals surface area contributed by atoms with E-state index in [-0.39, 0.29) is 11.9 Å². The lowest BCUT2D eigenvalue weighted by Gasteiger charge is -2.17. The second-order valence-corrected chi connectivity index (χ2v) is 4.96. The van der Waals surface area contributed by atoms with Crippen LogP contribution in [0.2, 0.25) is 0 Å². The van der Waals surface area contributed by atoms with Crippen molar-refractivity contribution in [3.8, 4) is 0 Å². The summed E-state index contributed by atoms with van der Waals surface area (Å²) in [7, 11) is 0. The van der Waals surface area contributed by atoms with Gasteiger partial charge in [0.15, 0.2) is 5.79 Å². The number of halogens is 1.